The topological polar surface area (TPSA) is 78.4 Å². The molecule has 0 aliphatic carbocycles. The fraction of sp³-hybridized carbons (Fsp3) is 0.467. The number of carboxylic acid groups (broad SMARTS) is 1. The molecule has 3 N–H and O–H groups in total. The van der Waals surface area contributed by atoms with Crippen molar-refractivity contribution in [2.24, 2.45) is 5.92 Å². The molecule has 0 radical (unpaired) electrons. The van der Waals surface area contributed by atoms with E-state index in [1.807, 2.05) is 0 Å². The number of unbranched alkanes of at least 4 members (excludes halogenated alkanes) is 1. The van der Waals surface area contributed by atoms with Gasteiger partial charge in [0.15, 0.2) is 0 Å². The number of rotatable bonds is 7. The van der Waals surface area contributed by atoms with Gasteiger partial charge in [0.25, 0.3) is 0 Å². The molecule has 6 heteroatoms. The molecule has 0 bridgehead atoms. The Morgan fingerprint density at radius 2 is 2.00 bits per heavy atom. The van der Waals surface area contributed by atoms with Gasteiger partial charge in [0, 0.05) is 11.0 Å². The van der Waals surface area contributed by atoms with Crippen molar-refractivity contribution < 1.29 is 14.7 Å². The summed E-state index contributed by atoms with van der Waals surface area (Å²) < 4.78 is 0.708. The predicted octanol–water partition coefficient (Wildman–Crippen LogP) is 4.10. The second-order valence-corrected chi connectivity index (χ2v) is 6.18. The van der Waals surface area contributed by atoms with E-state index in [0.717, 1.165) is 19.3 Å². The van der Waals surface area contributed by atoms with Crippen LogP contribution in [0, 0.1) is 5.92 Å². The van der Waals surface area contributed by atoms with Gasteiger partial charge in [-0.15, -0.1) is 0 Å². The highest BCUT2D eigenvalue weighted by molar-refractivity contribution is 9.10. The molecule has 1 aromatic carbocycles. The van der Waals surface area contributed by atoms with Gasteiger partial charge in [-0.1, -0.05) is 42.6 Å². The molecule has 0 atom stereocenters. The van der Waals surface area contributed by atoms with Crippen molar-refractivity contribution in [2.45, 2.75) is 33.1 Å². The molecule has 0 aliphatic heterocycles. The smallest absolute Gasteiger partial charge is 0.337 e. The summed E-state index contributed by atoms with van der Waals surface area (Å²) in [5.74, 6) is -0.409. The monoisotopic (exact) mass is 356 g/mol. The van der Waals surface area contributed by atoms with Crippen LogP contribution in [0.25, 0.3) is 0 Å². The molecule has 5 nitrogen and oxygen atoms in total. The highest BCUT2D eigenvalue weighted by atomic mass is 79.9. The first kappa shape index (κ1) is 17.5. The molecule has 2 amide bonds. The quantitative estimate of drug-likeness (QED) is 0.643. The zero-order valence-electron chi connectivity index (χ0n) is 12.3. The number of carbonyl (C=O) groups excluding carboxylic acids is 1. The Hall–Kier alpha value is -1.56. The van der Waals surface area contributed by atoms with E-state index >= 15 is 0 Å². The van der Waals surface area contributed by atoms with Gasteiger partial charge in [0.1, 0.15) is 0 Å². The van der Waals surface area contributed by atoms with Crippen LogP contribution in [0.5, 0.6) is 0 Å². The normalized spacial score (nSPS) is 10.5. The fourth-order valence-corrected chi connectivity index (χ4v) is 2.21. The molecule has 0 fully saturated rings. The van der Waals surface area contributed by atoms with Gasteiger partial charge < -0.3 is 15.7 Å². The molecule has 0 aromatic heterocycles. The van der Waals surface area contributed by atoms with Crippen molar-refractivity contribution in [3.05, 3.63) is 28.2 Å². The van der Waals surface area contributed by atoms with E-state index in [1.54, 1.807) is 12.1 Å². The molecule has 116 valence electrons. The van der Waals surface area contributed by atoms with Crippen LogP contribution in [0.2, 0.25) is 0 Å². The lowest BCUT2D eigenvalue weighted by atomic mass is 10.1. The zero-order valence-corrected chi connectivity index (χ0v) is 13.9. The van der Waals surface area contributed by atoms with Gasteiger partial charge in [-0.25, -0.2) is 9.59 Å². The van der Waals surface area contributed by atoms with Crippen LogP contribution < -0.4 is 10.6 Å². The van der Waals surface area contributed by atoms with E-state index in [-0.39, 0.29) is 17.3 Å². The van der Waals surface area contributed by atoms with Crippen molar-refractivity contribution in [1.82, 2.24) is 5.32 Å². The molecule has 0 unspecified atom stereocenters. The molecular weight excluding hydrogens is 336 g/mol. The second kappa shape index (κ2) is 8.67. The Balaban J connectivity index is 2.47. The first-order chi connectivity index (χ1) is 9.90. The van der Waals surface area contributed by atoms with Crippen LogP contribution in [0.4, 0.5) is 10.5 Å². The van der Waals surface area contributed by atoms with Gasteiger partial charge in [-0.3, -0.25) is 0 Å². The molecule has 0 heterocycles. The number of carboxylic acids is 1. The number of urea groups is 1. The van der Waals surface area contributed by atoms with Crippen molar-refractivity contribution in [3.63, 3.8) is 0 Å². The largest absolute Gasteiger partial charge is 0.478 e. The number of hydrogen-bond acceptors (Lipinski definition) is 2. The molecule has 0 saturated carbocycles. The average Bonchev–Trinajstić information content (AvgIpc) is 2.37. The lowest BCUT2D eigenvalue weighted by Crippen LogP contribution is -2.30. The van der Waals surface area contributed by atoms with Crippen LogP contribution in [0.15, 0.2) is 22.7 Å². The van der Waals surface area contributed by atoms with Gasteiger partial charge in [-0.05, 0) is 30.5 Å². The number of carbonyl (C=O) groups is 2. The number of nitrogens with one attached hydrogen (secondary N) is 2. The third-order valence-corrected chi connectivity index (χ3v) is 3.45. The van der Waals surface area contributed by atoms with Crippen molar-refractivity contribution in [2.75, 3.05) is 11.9 Å². The maximum absolute atomic E-state index is 11.8. The first-order valence-corrected chi connectivity index (χ1v) is 7.77. The van der Waals surface area contributed by atoms with Crippen LogP contribution in [0.1, 0.15) is 43.5 Å². The van der Waals surface area contributed by atoms with E-state index in [9.17, 15) is 9.59 Å². The molecule has 1 aromatic rings. The minimum Gasteiger partial charge on any atom is -0.478 e. The van der Waals surface area contributed by atoms with Crippen molar-refractivity contribution in [1.29, 1.82) is 0 Å². The third-order valence-electron chi connectivity index (χ3n) is 2.95. The SMILES string of the molecule is CC(C)CCCCNC(=O)Nc1cc(Br)ccc1C(=O)O. The average molecular weight is 357 g/mol. The Morgan fingerprint density at radius 1 is 1.29 bits per heavy atom. The zero-order chi connectivity index (χ0) is 15.8. The third kappa shape index (κ3) is 6.62. The predicted molar refractivity (Wildman–Crippen MR) is 86.8 cm³/mol. The Kier molecular flexibility index (Phi) is 7.22. The van der Waals surface area contributed by atoms with Crippen LogP contribution >= 0.6 is 15.9 Å². The second-order valence-electron chi connectivity index (χ2n) is 5.27. The number of hydrogen-bond donors (Lipinski definition) is 3. The minimum absolute atomic E-state index is 0.0631. The summed E-state index contributed by atoms with van der Waals surface area (Å²) in [6, 6.07) is 4.26. The molecule has 0 aliphatic rings. The summed E-state index contributed by atoms with van der Waals surface area (Å²) in [5.41, 5.74) is 0.338. The summed E-state index contributed by atoms with van der Waals surface area (Å²) >= 11 is 3.26. The van der Waals surface area contributed by atoms with Gasteiger partial charge in [0.05, 0.1) is 11.3 Å². The maximum Gasteiger partial charge on any atom is 0.337 e. The molecule has 0 saturated heterocycles. The standard InChI is InChI=1S/C15H21BrN2O3/c1-10(2)5-3-4-8-17-15(21)18-13-9-11(16)6-7-12(13)14(19)20/h6-7,9-10H,3-5,8H2,1-2H3,(H,19,20)(H2,17,18,21). The number of aromatic carboxylic acids is 1. The lowest BCUT2D eigenvalue weighted by Gasteiger charge is -2.10. The summed E-state index contributed by atoms with van der Waals surface area (Å²) in [4.78, 5) is 22.9. The Labute approximate surface area is 133 Å². The molecular formula is C15H21BrN2O3. The van der Waals surface area contributed by atoms with Gasteiger partial charge in [-0.2, -0.15) is 0 Å². The summed E-state index contributed by atoms with van der Waals surface area (Å²) in [6.45, 7) is 4.91. The number of benzene rings is 1. The van der Waals surface area contributed by atoms with E-state index in [1.165, 1.54) is 6.07 Å². The fourth-order valence-electron chi connectivity index (χ4n) is 1.85. The number of halogens is 1. The number of anilines is 1. The molecule has 0 spiro atoms. The van der Waals surface area contributed by atoms with Crippen molar-refractivity contribution in [3.8, 4) is 0 Å². The van der Waals surface area contributed by atoms with Crippen LogP contribution in [0.3, 0.4) is 0 Å². The van der Waals surface area contributed by atoms with E-state index < -0.39 is 5.97 Å². The van der Waals surface area contributed by atoms with E-state index in [0.29, 0.717) is 16.9 Å². The summed E-state index contributed by atoms with van der Waals surface area (Å²) in [7, 11) is 0. The Bertz CT molecular complexity index is 504. The van der Waals surface area contributed by atoms with Crippen molar-refractivity contribution >= 4 is 33.6 Å². The highest BCUT2D eigenvalue weighted by Gasteiger charge is 2.12. The summed E-state index contributed by atoms with van der Waals surface area (Å²) in [5, 5.41) is 14.4. The van der Waals surface area contributed by atoms with E-state index in [4.69, 9.17) is 5.11 Å². The minimum atomic E-state index is -1.07. The van der Waals surface area contributed by atoms with Gasteiger partial charge in [0.2, 0.25) is 0 Å². The first-order valence-electron chi connectivity index (χ1n) is 6.98. The maximum atomic E-state index is 11.8. The summed E-state index contributed by atoms with van der Waals surface area (Å²) in [6.07, 6.45) is 3.11. The van der Waals surface area contributed by atoms with E-state index in [2.05, 4.69) is 40.4 Å². The van der Waals surface area contributed by atoms with Crippen LogP contribution in [-0.4, -0.2) is 23.7 Å². The highest BCUT2D eigenvalue weighted by Crippen LogP contribution is 2.21. The molecule has 1 rings (SSSR count). The van der Waals surface area contributed by atoms with Crippen LogP contribution in [-0.2, 0) is 0 Å². The molecule has 21 heavy (non-hydrogen) atoms. The lowest BCUT2D eigenvalue weighted by molar-refractivity contribution is 0.0698. The van der Waals surface area contributed by atoms with Gasteiger partial charge >= 0.3 is 12.0 Å². The Morgan fingerprint density at radius 3 is 2.62 bits per heavy atom. The number of amides is 2.